The number of likely N-dealkylation sites (N-methyl/N-ethyl adjacent to an activating group) is 1. The summed E-state index contributed by atoms with van der Waals surface area (Å²) >= 11 is 0. The topological polar surface area (TPSA) is 90.9 Å². The lowest BCUT2D eigenvalue weighted by molar-refractivity contribution is -0.127. The van der Waals surface area contributed by atoms with Crippen molar-refractivity contribution in [2.45, 2.75) is 26.3 Å². The summed E-state index contributed by atoms with van der Waals surface area (Å²) in [6.45, 7) is 4.88. The monoisotopic (exact) mass is 446 g/mol. The van der Waals surface area contributed by atoms with Crippen LogP contribution >= 0.6 is 24.0 Å². The van der Waals surface area contributed by atoms with Gasteiger partial charge in [0.25, 0.3) is 0 Å². The molecule has 0 aromatic carbocycles. The van der Waals surface area contributed by atoms with Crippen LogP contribution in [0.4, 0.5) is 0 Å². The molecule has 1 heterocycles. The first-order valence-corrected chi connectivity index (χ1v) is 8.97. The minimum atomic E-state index is -2.94. The number of amides is 1. The third-order valence-electron chi connectivity index (χ3n) is 3.12. The summed E-state index contributed by atoms with van der Waals surface area (Å²) in [7, 11) is 0.416. The molecule has 1 aliphatic heterocycles. The predicted octanol–water partition coefficient (Wildman–Crippen LogP) is 0.0709. The maximum Gasteiger partial charge on any atom is 0.243 e. The second kappa shape index (κ2) is 9.53. The van der Waals surface area contributed by atoms with E-state index in [1.165, 1.54) is 4.90 Å². The smallest absolute Gasteiger partial charge is 0.243 e. The first-order chi connectivity index (χ1) is 9.69. The molecule has 130 valence electrons. The van der Waals surface area contributed by atoms with Crippen molar-refractivity contribution in [1.29, 1.82) is 0 Å². The van der Waals surface area contributed by atoms with Gasteiger partial charge in [0, 0.05) is 26.7 Å². The van der Waals surface area contributed by atoms with Crippen molar-refractivity contribution in [3.63, 3.8) is 0 Å². The fourth-order valence-electron chi connectivity index (χ4n) is 1.84. The Balaban J connectivity index is 0.00000441. The number of carbonyl (C=O) groups excluding carboxylic acids is 1. The van der Waals surface area contributed by atoms with Crippen LogP contribution in [0.2, 0.25) is 0 Å². The molecule has 0 aromatic rings. The number of hydrogen-bond acceptors (Lipinski definition) is 4. The Bertz CT molecular complexity index is 492. The molecule has 1 fully saturated rings. The van der Waals surface area contributed by atoms with Gasteiger partial charge in [-0.2, -0.15) is 0 Å². The van der Waals surface area contributed by atoms with E-state index in [9.17, 15) is 13.2 Å². The van der Waals surface area contributed by atoms with E-state index in [2.05, 4.69) is 29.5 Å². The van der Waals surface area contributed by atoms with Gasteiger partial charge < -0.3 is 15.5 Å². The maximum absolute atomic E-state index is 11.6. The fraction of sp³-hybridized carbons (Fsp3) is 0.846. The van der Waals surface area contributed by atoms with Crippen molar-refractivity contribution < 1.29 is 13.2 Å². The normalized spacial score (nSPS) is 20.4. The van der Waals surface area contributed by atoms with Gasteiger partial charge in [0.2, 0.25) is 5.91 Å². The van der Waals surface area contributed by atoms with E-state index in [1.807, 2.05) is 0 Å². The van der Waals surface area contributed by atoms with Crippen molar-refractivity contribution in [2.24, 2.45) is 10.9 Å². The Morgan fingerprint density at radius 1 is 1.36 bits per heavy atom. The summed E-state index contributed by atoms with van der Waals surface area (Å²) in [4.78, 5) is 17.3. The van der Waals surface area contributed by atoms with Crippen LogP contribution in [0.3, 0.4) is 0 Å². The predicted molar refractivity (Wildman–Crippen MR) is 99.4 cm³/mol. The van der Waals surface area contributed by atoms with Gasteiger partial charge in [-0.25, -0.2) is 13.4 Å². The summed E-state index contributed by atoms with van der Waals surface area (Å²) in [6.07, 6.45) is 0.576. The van der Waals surface area contributed by atoms with Crippen LogP contribution < -0.4 is 10.6 Å². The zero-order valence-electron chi connectivity index (χ0n) is 13.6. The lowest BCUT2D eigenvalue weighted by atomic mass is 10.2. The Morgan fingerprint density at radius 2 is 2.00 bits per heavy atom. The lowest BCUT2D eigenvalue weighted by Crippen LogP contribution is -2.45. The molecule has 1 aliphatic rings. The molecule has 7 nitrogen and oxygen atoms in total. The van der Waals surface area contributed by atoms with Crippen LogP contribution in [0.25, 0.3) is 0 Å². The van der Waals surface area contributed by atoms with E-state index in [1.54, 1.807) is 14.1 Å². The van der Waals surface area contributed by atoms with Gasteiger partial charge in [0.05, 0.1) is 11.5 Å². The number of guanidine groups is 1. The highest BCUT2D eigenvalue weighted by molar-refractivity contribution is 14.0. The second-order valence-electron chi connectivity index (χ2n) is 5.97. The van der Waals surface area contributed by atoms with Gasteiger partial charge in [-0.15, -0.1) is 24.0 Å². The maximum atomic E-state index is 11.6. The van der Waals surface area contributed by atoms with Crippen LogP contribution in [0.5, 0.6) is 0 Å². The van der Waals surface area contributed by atoms with E-state index in [4.69, 9.17) is 0 Å². The molecule has 1 saturated heterocycles. The minimum absolute atomic E-state index is 0. The van der Waals surface area contributed by atoms with Gasteiger partial charge in [-0.1, -0.05) is 13.8 Å². The molecule has 1 amide bonds. The Morgan fingerprint density at radius 3 is 2.45 bits per heavy atom. The van der Waals surface area contributed by atoms with Crippen LogP contribution in [-0.2, 0) is 14.6 Å². The molecule has 1 unspecified atom stereocenters. The van der Waals surface area contributed by atoms with Crippen LogP contribution in [0, 0.1) is 5.92 Å². The summed E-state index contributed by atoms with van der Waals surface area (Å²) in [6, 6.07) is -0.136. The third-order valence-corrected chi connectivity index (χ3v) is 4.89. The van der Waals surface area contributed by atoms with Crippen molar-refractivity contribution in [2.75, 3.05) is 38.7 Å². The number of halogens is 1. The summed E-state index contributed by atoms with van der Waals surface area (Å²) in [5.41, 5.74) is 0. The molecule has 2 N–H and O–H groups in total. The van der Waals surface area contributed by atoms with E-state index in [-0.39, 0.29) is 54.0 Å². The third kappa shape index (κ3) is 8.16. The van der Waals surface area contributed by atoms with Crippen molar-refractivity contribution >= 4 is 45.7 Å². The van der Waals surface area contributed by atoms with Gasteiger partial charge in [-0.05, 0) is 12.3 Å². The number of sulfone groups is 1. The van der Waals surface area contributed by atoms with Gasteiger partial charge in [0.1, 0.15) is 6.54 Å². The highest BCUT2D eigenvalue weighted by atomic mass is 127. The van der Waals surface area contributed by atoms with Crippen LogP contribution in [-0.4, -0.2) is 69.9 Å². The fourth-order valence-corrected chi connectivity index (χ4v) is 3.52. The molecule has 0 bridgehead atoms. The number of hydrogen-bond donors (Lipinski definition) is 2. The SMILES string of the molecule is CC(C)CNC(=NCC(=O)N(C)C)NC1CCS(=O)(=O)C1.I. The molecular weight excluding hydrogens is 419 g/mol. The largest absolute Gasteiger partial charge is 0.356 e. The van der Waals surface area contributed by atoms with Crippen LogP contribution in [0.15, 0.2) is 4.99 Å². The van der Waals surface area contributed by atoms with E-state index in [0.29, 0.717) is 24.8 Å². The molecule has 0 aromatic heterocycles. The van der Waals surface area contributed by atoms with Gasteiger partial charge >= 0.3 is 0 Å². The second-order valence-corrected chi connectivity index (χ2v) is 8.20. The first-order valence-electron chi connectivity index (χ1n) is 7.15. The number of rotatable bonds is 5. The van der Waals surface area contributed by atoms with E-state index in [0.717, 1.165) is 0 Å². The average Bonchev–Trinajstić information content (AvgIpc) is 2.71. The van der Waals surface area contributed by atoms with Gasteiger partial charge in [0.15, 0.2) is 15.8 Å². The van der Waals surface area contributed by atoms with E-state index >= 15 is 0 Å². The zero-order valence-corrected chi connectivity index (χ0v) is 16.8. The first kappa shape index (κ1) is 21.4. The molecule has 9 heteroatoms. The van der Waals surface area contributed by atoms with Crippen molar-refractivity contribution in [3.8, 4) is 0 Å². The van der Waals surface area contributed by atoms with Crippen molar-refractivity contribution in [1.82, 2.24) is 15.5 Å². The molecule has 1 atom stereocenters. The van der Waals surface area contributed by atoms with Crippen LogP contribution in [0.1, 0.15) is 20.3 Å². The summed E-state index contributed by atoms with van der Waals surface area (Å²) in [5, 5.41) is 6.25. The molecule has 22 heavy (non-hydrogen) atoms. The number of carbonyl (C=O) groups is 1. The van der Waals surface area contributed by atoms with E-state index < -0.39 is 9.84 Å². The molecule has 0 aliphatic carbocycles. The number of aliphatic imine (C=N–C) groups is 1. The lowest BCUT2D eigenvalue weighted by Gasteiger charge is -2.18. The molecular formula is C13H27IN4O3S. The summed E-state index contributed by atoms with van der Waals surface area (Å²) < 4.78 is 23.0. The zero-order chi connectivity index (χ0) is 16.0. The standard InChI is InChI=1S/C13H26N4O3S.HI/c1-10(2)7-14-13(15-8-12(18)17(3)4)16-11-5-6-21(19,20)9-11;/h10-11H,5-9H2,1-4H3,(H2,14,15,16);1H. The molecule has 0 spiro atoms. The number of nitrogens with zero attached hydrogens (tertiary/aromatic N) is 2. The highest BCUT2D eigenvalue weighted by Crippen LogP contribution is 2.10. The highest BCUT2D eigenvalue weighted by Gasteiger charge is 2.28. The average molecular weight is 446 g/mol. The van der Waals surface area contributed by atoms with Gasteiger partial charge in [-0.3, -0.25) is 4.79 Å². The molecule has 0 radical (unpaired) electrons. The summed E-state index contributed by atoms with van der Waals surface area (Å²) in [5.74, 6) is 1.16. The Hall–Kier alpha value is -0.580. The molecule has 1 rings (SSSR count). The minimum Gasteiger partial charge on any atom is -0.356 e. The quantitative estimate of drug-likeness (QED) is 0.355. The van der Waals surface area contributed by atoms with Crippen molar-refractivity contribution in [3.05, 3.63) is 0 Å². The Labute approximate surface area is 150 Å². The molecule has 0 saturated carbocycles. The number of nitrogens with one attached hydrogen (secondary N) is 2. The Kier molecular flexibility index (Phi) is 9.28.